The summed E-state index contributed by atoms with van der Waals surface area (Å²) in [6.45, 7) is 5.47. The van der Waals surface area contributed by atoms with Gasteiger partial charge in [0.1, 0.15) is 0 Å². The molecule has 0 atom stereocenters. The Hall–Kier alpha value is -2.51. The van der Waals surface area contributed by atoms with Crippen LogP contribution >= 0.6 is 0 Å². The molecule has 154 valence electrons. The number of nitrogens with zero attached hydrogens (tertiary/aromatic N) is 4. The molecule has 0 saturated carbocycles. The van der Waals surface area contributed by atoms with E-state index < -0.39 is 11.7 Å². The number of hydrogen-bond donors (Lipinski definition) is 1. The minimum absolute atomic E-state index is 0.333. The first kappa shape index (κ1) is 21.8. The van der Waals surface area contributed by atoms with Crippen LogP contribution in [0.5, 0.6) is 0 Å². The Morgan fingerprint density at radius 3 is 2.43 bits per heavy atom. The molecular formula is C20H28F3N5. The molecule has 8 heteroatoms. The number of benzene rings is 1. The van der Waals surface area contributed by atoms with Crippen molar-refractivity contribution in [3.8, 4) is 0 Å². The molecule has 0 aliphatic carbocycles. The largest absolute Gasteiger partial charge is 0.416 e. The zero-order chi connectivity index (χ0) is 20.9. The lowest BCUT2D eigenvalue weighted by Crippen LogP contribution is -2.39. The van der Waals surface area contributed by atoms with Crippen molar-refractivity contribution in [1.82, 2.24) is 20.0 Å². The molecule has 28 heavy (non-hydrogen) atoms. The molecule has 0 bridgehead atoms. The third kappa shape index (κ3) is 5.74. The van der Waals surface area contributed by atoms with Crippen molar-refractivity contribution in [2.24, 2.45) is 12.0 Å². The van der Waals surface area contributed by atoms with Crippen LogP contribution in [0.25, 0.3) is 0 Å². The van der Waals surface area contributed by atoms with Crippen molar-refractivity contribution < 1.29 is 13.2 Å². The molecule has 0 spiro atoms. The first-order valence-corrected chi connectivity index (χ1v) is 9.22. The molecule has 0 unspecified atom stereocenters. The maximum atomic E-state index is 12.6. The summed E-state index contributed by atoms with van der Waals surface area (Å²) in [4.78, 5) is 6.31. The van der Waals surface area contributed by atoms with Gasteiger partial charge in [-0.25, -0.2) is 0 Å². The number of nitrogens with one attached hydrogen (secondary N) is 1. The molecule has 0 aliphatic heterocycles. The first-order valence-electron chi connectivity index (χ1n) is 9.22. The average Bonchev–Trinajstić information content (AvgIpc) is 2.98. The van der Waals surface area contributed by atoms with E-state index in [4.69, 9.17) is 0 Å². The van der Waals surface area contributed by atoms with E-state index in [1.165, 1.54) is 12.1 Å². The van der Waals surface area contributed by atoms with E-state index >= 15 is 0 Å². The Bertz CT molecular complexity index is 791. The highest BCUT2D eigenvalue weighted by Gasteiger charge is 2.29. The highest BCUT2D eigenvalue weighted by Crippen LogP contribution is 2.29. The lowest BCUT2D eigenvalue weighted by molar-refractivity contribution is -0.137. The molecule has 1 aromatic carbocycles. The predicted octanol–water partition coefficient (Wildman–Crippen LogP) is 3.81. The lowest BCUT2D eigenvalue weighted by Gasteiger charge is -2.22. The van der Waals surface area contributed by atoms with Gasteiger partial charge >= 0.3 is 6.18 Å². The lowest BCUT2D eigenvalue weighted by atomic mass is 10.1. The van der Waals surface area contributed by atoms with Crippen LogP contribution in [0.4, 0.5) is 13.2 Å². The molecule has 1 aromatic heterocycles. The predicted molar refractivity (Wildman–Crippen MR) is 105 cm³/mol. The van der Waals surface area contributed by atoms with E-state index in [0.29, 0.717) is 25.4 Å². The summed E-state index contributed by atoms with van der Waals surface area (Å²) in [5.74, 6) is 1.06. The van der Waals surface area contributed by atoms with Gasteiger partial charge in [-0.15, -0.1) is 0 Å². The minimum Gasteiger partial charge on any atom is -0.356 e. The van der Waals surface area contributed by atoms with Gasteiger partial charge < -0.3 is 10.2 Å². The Labute approximate surface area is 164 Å². The van der Waals surface area contributed by atoms with Crippen molar-refractivity contribution in [3.63, 3.8) is 0 Å². The van der Waals surface area contributed by atoms with Gasteiger partial charge in [-0.2, -0.15) is 18.3 Å². The summed E-state index contributed by atoms with van der Waals surface area (Å²) in [6, 6.07) is 5.27. The SMILES string of the molecule is CN=C(NCCc1ccc(C(F)(F)F)cc1)N(C)Cc1cn(C)nc1C(C)C. The van der Waals surface area contributed by atoms with Crippen LogP contribution in [0.3, 0.4) is 0 Å². The molecule has 5 nitrogen and oxygen atoms in total. The molecule has 0 fully saturated rings. The Kier molecular flexibility index (Phi) is 7.10. The molecule has 0 amide bonds. The van der Waals surface area contributed by atoms with E-state index in [2.05, 4.69) is 29.3 Å². The average molecular weight is 395 g/mol. The number of aliphatic imine (C=N–C) groups is 1. The van der Waals surface area contributed by atoms with E-state index in [-0.39, 0.29) is 0 Å². The van der Waals surface area contributed by atoms with Gasteiger partial charge in [0.15, 0.2) is 5.96 Å². The Morgan fingerprint density at radius 2 is 1.89 bits per heavy atom. The van der Waals surface area contributed by atoms with Gasteiger partial charge in [0.2, 0.25) is 0 Å². The van der Waals surface area contributed by atoms with Gasteiger partial charge in [0.05, 0.1) is 11.3 Å². The second-order valence-corrected chi connectivity index (χ2v) is 7.14. The summed E-state index contributed by atoms with van der Waals surface area (Å²) in [7, 11) is 5.57. The standard InChI is InChI=1S/C20H28F3N5/c1-14(2)18-16(13-28(5)26-18)12-27(4)19(24-3)25-11-10-15-6-8-17(9-7-15)20(21,22)23/h6-9,13-14H,10-12H2,1-5H3,(H,24,25). The van der Waals surface area contributed by atoms with Crippen molar-refractivity contribution in [3.05, 3.63) is 52.8 Å². The van der Waals surface area contributed by atoms with Gasteiger partial charge in [0.25, 0.3) is 0 Å². The minimum atomic E-state index is -4.30. The zero-order valence-electron chi connectivity index (χ0n) is 17.0. The van der Waals surface area contributed by atoms with E-state index in [0.717, 1.165) is 34.9 Å². The quantitative estimate of drug-likeness (QED) is 0.598. The third-order valence-corrected chi connectivity index (χ3v) is 4.44. The van der Waals surface area contributed by atoms with Crippen molar-refractivity contribution in [2.45, 2.75) is 38.9 Å². The van der Waals surface area contributed by atoms with Crippen LogP contribution in [-0.4, -0.2) is 41.3 Å². The van der Waals surface area contributed by atoms with E-state index in [1.54, 1.807) is 7.05 Å². The summed E-state index contributed by atoms with van der Waals surface area (Å²) in [5.41, 5.74) is 2.42. The van der Waals surface area contributed by atoms with Crippen LogP contribution in [0, 0.1) is 0 Å². The van der Waals surface area contributed by atoms with E-state index in [1.807, 2.05) is 29.9 Å². The molecule has 2 rings (SSSR count). The third-order valence-electron chi connectivity index (χ3n) is 4.44. The van der Waals surface area contributed by atoms with Crippen LogP contribution in [0.15, 0.2) is 35.5 Å². The molecule has 2 aromatic rings. The normalized spacial score (nSPS) is 12.5. The van der Waals surface area contributed by atoms with Crippen molar-refractivity contribution in [2.75, 3.05) is 20.6 Å². The van der Waals surface area contributed by atoms with Gasteiger partial charge in [0, 0.05) is 46.0 Å². The Morgan fingerprint density at radius 1 is 1.25 bits per heavy atom. The van der Waals surface area contributed by atoms with E-state index in [9.17, 15) is 13.2 Å². The van der Waals surface area contributed by atoms with Gasteiger partial charge in [-0.3, -0.25) is 9.67 Å². The molecular weight excluding hydrogens is 367 g/mol. The molecule has 1 N–H and O–H groups in total. The number of guanidine groups is 1. The fourth-order valence-electron chi connectivity index (χ4n) is 3.06. The smallest absolute Gasteiger partial charge is 0.356 e. The van der Waals surface area contributed by atoms with Crippen LogP contribution in [-0.2, 0) is 26.2 Å². The highest BCUT2D eigenvalue weighted by molar-refractivity contribution is 5.79. The molecule has 0 aliphatic rings. The maximum Gasteiger partial charge on any atom is 0.416 e. The fourth-order valence-corrected chi connectivity index (χ4v) is 3.06. The van der Waals surface area contributed by atoms with Crippen molar-refractivity contribution in [1.29, 1.82) is 0 Å². The highest BCUT2D eigenvalue weighted by atomic mass is 19.4. The van der Waals surface area contributed by atoms with Crippen LogP contribution in [0.2, 0.25) is 0 Å². The summed E-state index contributed by atoms with van der Waals surface area (Å²) >= 11 is 0. The van der Waals surface area contributed by atoms with Crippen LogP contribution < -0.4 is 5.32 Å². The number of hydrogen-bond acceptors (Lipinski definition) is 2. The maximum absolute atomic E-state index is 12.6. The summed E-state index contributed by atoms with van der Waals surface area (Å²) in [5, 5.41) is 7.79. The summed E-state index contributed by atoms with van der Waals surface area (Å²) in [6.07, 6.45) is -1.68. The number of alkyl halides is 3. The number of aryl methyl sites for hydroxylation is 1. The number of rotatable bonds is 6. The Balaban J connectivity index is 1.92. The van der Waals surface area contributed by atoms with Gasteiger partial charge in [-0.1, -0.05) is 26.0 Å². The topological polar surface area (TPSA) is 45.5 Å². The number of aromatic nitrogens is 2. The first-order chi connectivity index (χ1) is 13.1. The zero-order valence-corrected chi connectivity index (χ0v) is 17.0. The monoisotopic (exact) mass is 395 g/mol. The second-order valence-electron chi connectivity index (χ2n) is 7.14. The van der Waals surface area contributed by atoms with Gasteiger partial charge in [-0.05, 0) is 30.0 Å². The molecule has 0 saturated heterocycles. The summed E-state index contributed by atoms with van der Waals surface area (Å²) < 4.78 is 39.7. The second kappa shape index (κ2) is 9.12. The molecule has 0 radical (unpaired) electrons. The molecule has 1 heterocycles. The van der Waals surface area contributed by atoms with Crippen LogP contribution in [0.1, 0.15) is 42.1 Å². The fraction of sp³-hybridized carbons (Fsp3) is 0.500. The van der Waals surface area contributed by atoms with Crippen molar-refractivity contribution >= 4 is 5.96 Å². The number of halogens is 3.